The minimum Gasteiger partial charge on any atom is -0.423 e. The van der Waals surface area contributed by atoms with Crippen LogP contribution in [-0.2, 0) is 47.9 Å². The number of nitrogens with zero attached hydrogens (tertiary/aromatic N) is 12. The number of carbonyl (C=O) groups excluding carboxylic acids is 6. The average molecular weight is 889 g/mol. The van der Waals surface area contributed by atoms with Crippen molar-refractivity contribution in [2.45, 2.75) is 22.8 Å². The SMILES string of the molecule is CON=C(C(=O)N[C@@H]1C(=O)N2C(C(=O)OCOC(=O)C3=C(CN=[N+]=[N-])CS[C@@H]4[C@H](NC(=O)C(=NOC)c5csc(N)n5)C(=O)N34)=C(CN=[N+]=[N-])CS[C@H]12)c1csc(N)n1. The van der Waals surface area contributed by atoms with E-state index in [1.54, 1.807) is 0 Å². The Hall–Kier alpha value is -6.58. The number of amides is 4. The highest BCUT2D eigenvalue weighted by atomic mass is 32.2. The number of oxime groups is 2. The predicted molar refractivity (Wildman–Crippen MR) is 209 cm³/mol. The van der Waals surface area contributed by atoms with Crippen molar-refractivity contribution in [3.63, 3.8) is 0 Å². The maximum Gasteiger partial charge on any atom is 0.357 e. The molecule has 26 nitrogen and oxygen atoms in total. The van der Waals surface area contributed by atoms with Gasteiger partial charge >= 0.3 is 11.9 Å². The molecule has 6 heterocycles. The highest BCUT2D eigenvalue weighted by molar-refractivity contribution is 8.00. The number of hydrogen-bond donors (Lipinski definition) is 4. The molecule has 30 heteroatoms. The number of thioether (sulfide) groups is 2. The number of nitrogen functional groups attached to an aromatic ring is 2. The summed E-state index contributed by atoms with van der Waals surface area (Å²) >= 11 is 4.44. The average Bonchev–Trinajstić information content (AvgIpc) is 3.87. The molecule has 2 saturated heterocycles. The molecule has 308 valence electrons. The van der Waals surface area contributed by atoms with Gasteiger partial charge in [0.25, 0.3) is 23.6 Å². The van der Waals surface area contributed by atoms with Crippen LogP contribution in [0.4, 0.5) is 10.3 Å². The Labute approximate surface area is 346 Å². The van der Waals surface area contributed by atoms with Crippen LogP contribution in [0.3, 0.4) is 0 Å². The summed E-state index contributed by atoms with van der Waals surface area (Å²) in [4.78, 5) is 106. The second-order valence-electron chi connectivity index (χ2n) is 11.8. The zero-order chi connectivity index (χ0) is 42.4. The second-order valence-corrected chi connectivity index (χ2v) is 15.8. The van der Waals surface area contributed by atoms with E-state index in [0.29, 0.717) is 0 Å². The van der Waals surface area contributed by atoms with Crippen LogP contribution >= 0.6 is 46.2 Å². The minimum absolute atomic E-state index is 0.0752. The Morgan fingerprint density at radius 1 is 0.780 bits per heavy atom. The lowest BCUT2D eigenvalue weighted by Crippen LogP contribution is -2.71. The van der Waals surface area contributed by atoms with Crippen LogP contribution in [0.25, 0.3) is 20.9 Å². The number of anilines is 2. The van der Waals surface area contributed by atoms with Gasteiger partial charge in [-0.05, 0) is 22.2 Å². The van der Waals surface area contributed by atoms with Crippen molar-refractivity contribution >= 4 is 103 Å². The predicted octanol–water partition coefficient (Wildman–Crippen LogP) is 0.138. The zero-order valence-electron chi connectivity index (χ0n) is 30.2. The van der Waals surface area contributed by atoms with Crippen molar-refractivity contribution in [1.29, 1.82) is 0 Å². The molecule has 6 N–H and O–H groups in total. The van der Waals surface area contributed by atoms with Crippen LogP contribution in [-0.4, -0.2) is 135 Å². The molecule has 0 bridgehead atoms. The number of nitrogens with two attached hydrogens (primary N) is 2. The maximum atomic E-state index is 13.6. The van der Waals surface area contributed by atoms with Gasteiger partial charge in [-0.25, -0.2) is 19.6 Å². The lowest BCUT2D eigenvalue weighted by atomic mass is 10.0. The van der Waals surface area contributed by atoms with Crippen molar-refractivity contribution in [1.82, 2.24) is 30.4 Å². The Morgan fingerprint density at radius 3 is 1.53 bits per heavy atom. The Kier molecular flexibility index (Phi) is 13.1. The molecule has 6 rings (SSSR count). The van der Waals surface area contributed by atoms with E-state index in [1.165, 1.54) is 25.0 Å². The molecule has 4 aliphatic heterocycles. The van der Waals surface area contributed by atoms with E-state index in [0.717, 1.165) is 56.0 Å². The van der Waals surface area contributed by atoms with Crippen LogP contribution in [0.15, 0.2) is 53.8 Å². The van der Waals surface area contributed by atoms with Gasteiger partial charge in [0.2, 0.25) is 6.79 Å². The van der Waals surface area contributed by atoms with E-state index in [9.17, 15) is 28.8 Å². The number of rotatable bonds is 16. The molecule has 0 radical (unpaired) electrons. The Bertz CT molecular complexity index is 2170. The number of nitrogens with one attached hydrogen (secondary N) is 2. The van der Waals surface area contributed by atoms with Gasteiger partial charge in [0.1, 0.15) is 59.8 Å². The van der Waals surface area contributed by atoms with Crippen molar-refractivity contribution in [3.8, 4) is 0 Å². The van der Waals surface area contributed by atoms with Crippen LogP contribution in [0.1, 0.15) is 11.4 Å². The summed E-state index contributed by atoms with van der Waals surface area (Å²) in [6.07, 6.45) is 0. The first-order valence-corrected chi connectivity index (χ1v) is 20.3. The molecule has 4 amide bonds. The lowest BCUT2D eigenvalue weighted by Gasteiger charge is -2.49. The summed E-state index contributed by atoms with van der Waals surface area (Å²) in [6, 6.07) is -2.28. The highest BCUT2D eigenvalue weighted by Gasteiger charge is 2.56. The standard InChI is InChI=1S/C29H28N16O10S4/c1-52-40-14(12-7-58-28(30)36-12)20(46)38-16-22(48)44-18(10(3-34-42-32)5-56-24(16)44)26(50)54-9-55-27(51)19-11(4-35-43-33)6-57-25-17(23(49)45(19)25)39-21(47)15(41-53-2)13-8-59-29(31)37-13/h7-8,16-17,24-25H,3-6,9H2,1-2H3,(H2,30,36)(H2,31,37)(H,38,46)(H,39,47)/t16-,17-,24-,25-/m1/s1. The maximum absolute atomic E-state index is 13.6. The third-order valence-corrected chi connectivity index (χ3v) is 12.4. The van der Waals surface area contributed by atoms with Gasteiger partial charge in [-0.2, -0.15) is 0 Å². The third kappa shape index (κ3) is 8.52. The van der Waals surface area contributed by atoms with Crippen molar-refractivity contribution in [2.24, 2.45) is 20.5 Å². The molecule has 4 aliphatic rings. The van der Waals surface area contributed by atoms with E-state index < -0.39 is 65.2 Å². The molecule has 0 aliphatic carbocycles. The Morgan fingerprint density at radius 2 is 1.19 bits per heavy atom. The molecule has 0 saturated carbocycles. The van der Waals surface area contributed by atoms with Crippen LogP contribution < -0.4 is 22.1 Å². The normalized spacial score (nSPS) is 21.1. The highest BCUT2D eigenvalue weighted by Crippen LogP contribution is 2.42. The number of β-lactam (4-membered cyclic amide) rings is 2. The van der Waals surface area contributed by atoms with Crippen LogP contribution in [0.5, 0.6) is 0 Å². The quantitative estimate of drug-likeness (QED) is 0.0254. The molecule has 2 fully saturated rings. The van der Waals surface area contributed by atoms with Gasteiger partial charge in [-0.1, -0.05) is 20.5 Å². The Balaban J connectivity index is 1.13. The first kappa shape index (κ1) is 42.0. The van der Waals surface area contributed by atoms with Gasteiger partial charge in [-0.3, -0.25) is 29.0 Å². The molecule has 0 aromatic carbocycles. The molecule has 59 heavy (non-hydrogen) atoms. The summed E-state index contributed by atoms with van der Waals surface area (Å²) < 4.78 is 10.5. The summed E-state index contributed by atoms with van der Waals surface area (Å²) in [5, 5.41) is 21.2. The van der Waals surface area contributed by atoms with Gasteiger partial charge < -0.3 is 41.2 Å². The number of aromatic nitrogens is 2. The molecule has 2 aromatic rings. The van der Waals surface area contributed by atoms with Crippen molar-refractivity contribution in [3.05, 3.63) is 65.6 Å². The molecule has 0 unspecified atom stereocenters. The third-order valence-electron chi connectivity index (χ3n) is 8.41. The topological polar surface area (TPSA) is 370 Å². The summed E-state index contributed by atoms with van der Waals surface area (Å²) in [7, 11) is 2.43. The molecular weight excluding hydrogens is 861 g/mol. The minimum atomic E-state index is -1.14. The number of thiazole rings is 2. The number of hydrogen-bond acceptors (Lipinski definition) is 22. The monoisotopic (exact) mass is 888 g/mol. The largest absolute Gasteiger partial charge is 0.423 e. The van der Waals surface area contributed by atoms with Crippen LogP contribution in [0, 0.1) is 0 Å². The van der Waals surface area contributed by atoms with E-state index in [2.05, 4.69) is 51.0 Å². The second kappa shape index (κ2) is 18.3. The first-order valence-electron chi connectivity index (χ1n) is 16.4. The van der Waals surface area contributed by atoms with Crippen molar-refractivity contribution in [2.75, 3.05) is 57.1 Å². The number of ether oxygens (including phenoxy) is 2. The molecule has 0 spiro atoms. The lowest BCUT2D eigenvalue weighted by molar-refractivity contribution is -0.168. The number of fused-ring (bicyclic) bond motifs is 2. The fourth-order valence-corrected chi connectivity index (χ4v) is 9.66. The number of carbonyl (C=O) groups is 6. The molecule has 4 atom stereocenters. The summed E-state index contributed by atoms with van der Waals surface area (Å²) in [6.45, 7) is -1.66. The number of azide groups is 2. The fourth-order valence-electron chi connectivity index (χ4n) is 5.90. The molecular formula is C29H28N16O10S4. The van der Waals surface area contributed by atoms with E-state index in [1.807, 2.05) is 0 Å². The van der Waals surface area contributed by atoms with Crippen LogP contribution in [0.2, 0.25) is 0 Å². The van der Waals surface area contributed by atoms with Gasteiger partial charge in [0.05, 0.1) is 13.1 Å². The smallest absolute Gasteiger partial charge is 0.357 e. The van der Waals surface area contributed by atoms with E-state index in [-0.39, 0.29) is 80.2 Å². The van der Waals surface area contributed by atoms with Gasteiger partial charge in [0, 0.05) is 32.1 Å². The van der Waals surface area contributed by atoms with Gasteiger partial charge in [0.15, 0.2) is 21.7 Å². The molecule has 2 aromatic heterocycles. The van der Waals surface area contributed by atoms with E-state index in [4.69, 9.17) is 41.7 Å². The summed E-state index contributed by atoms with van der Waals surface area (Å²) in [5.41, 5.74) is 28.8. The van der Waals surface area contributed by atoms with Gasteiger partial charge in [-0.15, -0.1) is 46.2 Å². The zero-order valence-corrected chi connectivity index (χ0v) is 33.5. The number of esters is 2. The fraction of sp³-hybridized carbons (Fsp3) is 0.379. The van der Waals surface area contributed by atoms with Crippen molar-refractivity contribution < 1.29 is 47.9 Å². The van der Waals surface area contributed by atoms with E-state index >= 15 is 0 Å². The summed E-state index contributed by atoms with van der Waals surface area (Å²) in [5.74, 6) is -5.19. The first-order chi connectivity index (χ1) is 28.4.